The summed E-state index contributed by atoms with van der Waals surface area (Å²) in [5.74, 6) is 0.715. The van der Waals surface area contributed by atoms with E-state index in [1.165, 1.54) is 43.5 Å². The third-order valence-corrected chi connectivity index (χ3v) is 4.75. The van der Waals surface area contributed by atoms with E-state index in [-0.39, 0.29) is 36.4 Å². The molecule has 158 valence electrons. The highest BCUT2D eigenvalue weighted by atomic mass is 127. The molecule has 1 fully saturated rings. The quantitative estimate of drug-likeness (QED) is 0.327. The fraction of sp³-hybridized carbons (Fsp3) is 0.619. The summed E-state index contributed by atoms with van der Waals surface area (Å²) in [4.78, 5) is 20.5. The largest absolute Gasteiger partial charge is 0.356 e. The molecule has 2 rings (SSSR count). The van der Waals surface area contributed by atoms with Gasteiger partial charge in [0.05, 0.1) is 13.1 Å². The van der Waals surface area contributed by atoms with E-state index in [0.29, 0.717) is 12.5 Å². The Balaban J connectivity index is 0.00000392. The number of likely N-dealkylation sites (tertiary alicyclic amines) is 1. The molecule has 1 saturated heterocycles. The van der Waals surface area contributed by atoms with E-state index in [1.54, 1.807) is 19.0 Å². The van der Waals surface area contributed by atoms with Crippen LogP contribution in [-0.2, 0) is 17.9 Å². The van der Waals surface area contributed by atoms with Crippen LogP contribution in [0.5, 0.6) is 0 Å². The summed E-state index contributed by atoms with van der Waals surface area (Å²) >= 11 is 0. The first-order valence-corrected chi connectivity index (χ1v) is 10.1. The van der Waals surface area contributed by atoms with Gasteiger partial charge in [-0.25, -0.2) is 4.99 Å². The third-order valence-electron chi connectivity index (χ3n) is 4.75. The molecule has 1 amide bonds. The van der Waals surface area contributed by atoms with Gasteiger partial charge in [-0.05, 0) is 43.5 Å². The Morgan fingerprint density at radius 3 is 2.32 bits per heavy atom. The van der Waals surface area contributed by atoms with Gasteiger partial charge in [0.25, 0.3) is 0 Å². The molecule has 0 unspecified atom stereocenters. The number of piperidine rings is 1. The normalized spacial score (nSPS) is 14.9. The van der Waals surface area contributed by atoms with Gasteiger partial charge in [-0.2, -0.15) is 0 Å². The number of likely N-dealkylation sites (N-methyl/N-ethyl adjacent to an activating group) is 1. The molecule has 0 aromatic heterocycles. The van der Waals surface area contributed by atoms with Crippen molar-refractivity contribution in [3.8, 4) is 0 Å². The Labute approximate surface area is 187 Å². The van der Waals surface area contributed by atoms with Crippen molar-refractivity contribution in [3.05, 3.63) is 35.4 Å². The van der Waals surface area contributed by atoms with Crippen LogP contribution in [0.3, 0.4) is 0 Å². The smallest absolute Gasteiger partial charge is 0.241 e. The van der Waals surface area contributed by atoms with Crippen molar-refractivity contribution in [2.75, 3.05) is 40.3 Å². The van der Waals surface area contributed by atoms with E-state index >= 15 is 0 Å². The standard InChI is InChI=1S/C21H35N5O.HI/c1-4-12-22-21(24-16-20(27)25(2)3)23-15-18-8-10-19(11-9-18)17-26-13-6-5-7-14-26;/h8-11H,4-7,12-17H2,1-3H3,(H2,22,23,24);1H. The van der Waals surface area contributed by atoms with Gasteiger partial charge < -0.3 is 15.5 Å². The highest BCUT2D eigenvalue weighted by molar-refractivity contribution is 14.0. The number of nitrogens with one attached hydrogen (secondary N) is 2. The van der Waals surface area contributed by atoms with Crippen molar-refractivity contribution in [1.29, 1.82) is 0 Å². The van der Waals surface area contributed by atoms with Gasteiger partial charge >= 0.3 is 0 Å². The van der Waals surface area contributed by atoms with Gasteiger partial charge in [-0.15, -0.1) is 24.0 Å². The Bertz CT molecular complexity index is 597. The maximum absolute atomic E-state index is 11.8. The minimum Gasteiger partial charge on any atom is -0.356 e. The summed E-state index contributed by atoms with van der Waals surface area (Å²) in [6.45, 7) is 7.26. The van der Waals surface area contributed by atoms with Gasteiger partial charge in [-0.3, -0.25) is 9.69 Å². The van der Waals surface area contributed by atoms with Gasteiger partial charge in [0.15, 0.2) is 5.96 Å². The molecule has 28 heavy (non-hydrogen) atoms. The monoisotopic (exact) mass is 501 g/mol. The van der Waals surface area contributed by atoms with E-state index in [2.05, 4.69) is 51.7 Å². The number of benzene rings is 1. The second-order valence-corrected chi connectivity index (χ2v) is 7.39. The van der Waals surface area contributed by atoms with Gasteiger partial charge in [0, 0.05) is 27.2 Å². The van der Waals surface area contributed by atoms with Crippen molar-refractivity contribution in [2.45, 2.75) is 45.7 Å². The van der Waals surface area contributed by atoms with Crippen molar-refractivity contribution < 1.29 is 4.79 Å². The van der Waals surface area contributed by atoms with Crippen LogP contribution in [0.4, 0.5) is 0 Å². The third kappa shape index (κ3) is 9.23. The lowest BCUT2D eigenvalue weighted by Gasteiger charge is -2.26. The zero-order chi connectivity index (χ0) is 19.5. The van der Waals surface area contributed by atoms with Crippen LogP contribution in [0, 0.1) is 0 Å². The molecule has 0 aliphatic carbocycles. The van der Waals surface area contributed by atoms with Gasteiger partial charge in [0.2, 0.25) is 5.91 Å². The number of rotatable bonds is 8. The maximum atomic E-state index is 11.8. The Morgan fingerprint density at radius 1 is 1.07 bits per heavy atom. The summed E-state index contributed by atoms with van der Waals surface area (Å²) in [5, 5.41) is 6.37. The highest BCUT2D eigenvalue weighted by Gasteiger charge is 2.10. The summed E-state index contributed by atoms with van der Waals surface area (Å²) in [5.41, 5.74) is 2.54. The molecule has 0 spiro atoms. The number of hydrogen-bond donors (Lipinski definition) is 2. The topological polar surface area (TPSA) is 60.0 Å². The van der Waals surface area contributed by atoms with E-state index in [1.807, 2.05) is 0 Å². The van der Waals surface area contributed by atoms with E-state index in [9.17, 15) is 4.79 Å². The zero-order valence-electron chi connectivity index (χ0n) is 17.5. The molecule has 0 radical (unpaired) electrons. The van der Waals surface area contributed by atoms with Crippen molar-refractivity contribution >= 4 is 35.8 Å². The molecule has 1 aliphatic rings. The molecular weight excluding hydrogens is 465 g/mol. The lowest BCUT2D eigenvalue weighted by atomic mass is 10.1. The molecule has 2 N–H and O–H groups in total. The number of guanidine groups is 1. The minimum atomic E-state index is 0. The molecule has 0 saturated carbocycles. The molecule has 7 heteroatoms. The average Bonchev–Trinajstić information content (AvgIpc) is 2.69. The zero-order valence-corrected chi connectivity index (χ0v) is 19.9. The van der Waals surface area contributed by atoms with Crippen molar-refractivity contribution in [3.63, 3.8) is 0 Å². The molecular formula is C21H36IN5O. The fourth-order valence-electron chi connectivity index (χ4n) is 3.03. The van der Waals surface area contributed by atoms with Crippen LogP contribution in [0.25, 0.3) is 0 Å². The summed E-state index contributed by atoms with van der Waals surface area (Å²) < 4.78 is 0. The van der Waals surface area contributed by atoms with E-state index in [4.69, 9.17) is 0 Å². The van der Waals surface area contributed by atoms with Crippen LogP contribution in [0.1, 0.15) is 43.7 Å². The fourth-order valence-corrected chi connectivity index (χ4v) is 3.03. The number of halogens is 1. The first kappa shape index (κ1) is 24.7. The average molecular weight is 501 g/mol. The summed E-state index contributed by atoms with van der Waals surface area (Å²) in [6.07, 6.45) is 5.02. The lowest BCUT2D eigenvalue weighted by molar-refractivity contribution is -0.127. The highest BCUT2D eigenvalue weighted by Crippen LogP contribution is 2.14. The van der Waals surface area contributed by atoms with Crippen molar-refractivity contribution in [1.82, 2.24) is 20.4 Å². The van der Waals surface area contributed by atoms with Crippen LogP contribution < -0.4 is 10.6 Å². The first-order valence-electron chi connectivity index (χ1n) is 10.1. The molecule has 1 aromatic rings. The number of nitrogens with zero attached hydrogens (tertiary/aromatic N) is 3. The number of carbonyl (C=O) groups is 1. The summed E-state index contributed by atoms with van der Waals surface area (Å²) in [7, 11) is 3.51. The SMILES string of the molecule is CCCNC(=NCc1ccc(CN2CCCCC2)cc1)NCC(=O)N(C)C.I. The Hall–Kier alpha value is -1.35. The molecule has 1 aromatic carbocycles. The van der Waals surface area contributed by atoms with Crippen LogP contribution >= 0.6 is 24.0 Å². The predicted molar refractivity (Wildman–Crippen MR) is 127 cm³/mol. The predicted octanol–water partition coefficient (Wildman–Crippen LogP) is 2.82. The molecule has 1 heterocycles. The Morgan fingerprint density at radius 2 is 1.71 bits per heavy atom. The van der Waals surface area contributed by atoms with Gasteiger partial charge in [0.1, 0.15) is 0 Å². The molecule has 0 atom stereocenters. The van der Waals surface area contributed by atoms with Crippen LogP contribution in [-0.4, -0.2) is 61.9 Å². The maximum Gasteiger partial charge on any atom is 0.241 e. The second-order valence-electron chi connectivity index (χ2n) is 7.39. The number of amides is 1. The number of hydrogen-bond acceptors (Lipinski definition) is 3. The van der Waals surface area contributed by atoms with Gasteiger partial charge in [-0.1, -0.05) is 37.6 Å². The number of aliphatic imine (C=N–C) groups is 1. The minimum absolute atomic E-state index is 0. The molecule has 0 bridgehead atoms. The first-order chi connectivity index (χ1) is 13.1. The van der Waals surface area contributed by atoms with Crippen LogP contribution in [0.15, 0.2) is 29.3 Å². The molecule has 1 aliphatic heterocycles. The Kier molecular flexibility index (Phi) is 12.1. The lowest BCUT2D eigenvalue weighted by Crippen LogP contribution is -2.43. The van der Waals surface area contributed by atoms with E-state index < -0.39 is 0 Å². The summed E-state index contributed by atoms with van der Waals surface area (Å²) in [6, 6.07) is 8.74. The molecule has 6 nitrogen and oxygen atoms in total. The van der Waals surface area contributed by atoms with Crippen molar-refractivity contribution in [2.24, 2.45) is 4.99 Å². The second kappa shape index (κ2) is 13.8. The van der Waals surface area contributed by atoms with E-state index in [0.717, 1.165) is 19.5 Å². The van der Waals surface area contributed by atoms with Crippen LogP contribution in [0.2, 0.25) is 0 Å². The number of carbonyl (C=O) groups excluding carboxylic acids is 1.